The van der Waals surface area contributed by atoms with Crippen molar-refractivity contribution in [3.8, 4) is 0 Å². The molecule has 0 spiro atoms. The van der Waals surface area contributed by atoms with Gasteiger partial charge in [0.1, 0.15) is 12.0 Å². The Morgan fingerprint density at radius 1 is 0.471 bits per heavy atom. The molecule has 0 saturated carbocycles. The minimum absolute atomic E-state index is 0.101. The first-order chi connectivity index (χ1) is 16.7. The van der Waals surface area contributed by atoms with E-state index in [1.807, 2.05) is 0 Å². The van der Waals surface area contributed by atoms with Crippen LogP contribution in [0.5, 0.6) is 0 Å². The average molecular weight is 479 g/mol. The summed E-state index contributed by atoms with van der Waals surface area (Å²) in [6.45, 7) is 5.27. The number of carbonyl (C=O) groups is 1. The van der Waals surface area contributed by atoms with Gasteiger partial charge in [0.25, 0.3) is 0 Å². The van der Waals surface area contributed by atoms with Gasteiger partial charge in [-0.1, -0.05) is 174 Å². The van der Waals surface area contributed by atoms with E-state index in [4.69, 9.17) is 4.74 Å². The number of unbranched alkanes of at least 4 members (excludes halogenated alkanes) is 23. The quantitative estimate of drug-likeness (QED) is 0.0866. The molecule has 1 atom stereocenters. The summed E-state index contributed by atoms with van der Waals surface area (Å²) in [4.78, 5) is 12.2. The van der Waals surface area contributed by atoms with Crippen LogP contribution in [0.25, 0.3) is 0 Å². The molecule has 1 fully saturated rings. The van der Waals surface area contributed by atoms with Gasteiger partial charge in [-0.2, -0.15) is 0 Å². The lowest BCUT2D eigenvalue weighted by molar-refractivity contribution is -0.188. The zero-order valence-corrected chi connectivity index (χ0v) is 23.6. The molecule has 1 aliphatic rings. The molecule has 0 radical (unpaired) electrons. The van der Waals surface area contributed by atoms with Crippen molar-refractivity contribution in [1.82, 2.24) is 0 Å². The topological polar surface area (TPSA) is 26.3 Å². The number of hydrogen-bond donors (Lipinski definition) is 0. The zero-order valence-electron chi connectivity index (χ0n) is 23.6. The van der Waals surface area contributed by atoms with Crippen LogP contribution < -0.4 is 0 Å². The molecule has 2 heteroatoms. The number of hydrogen-bond acceptors (Lipinski definition) is 2. The highest BCUT2D eigenvalue weighted by Gasteiger charge is 2.47. The van der Waals surface area contributed by atoms with Crippen molar-refractivity contribution in [2.45, 2.75) is 187 Å². The van der Waals surface area contributed by atoms with E-state index < -0.39 is 0 Å². The minimum atomic E-state index is -0.101. The molecule has 202 valence electrons. The summed E-state index contributed by atoms with van der Waals surface area (Å²) >= 11 is 0. The Morgan fingerprint density at radius 2 is 0.735 bits per heavy atom. The first-order valence-electron chi connectivity index (χ1n) is 15.9. The minimum Gasteiger partial charge on any atom is -0.464 e. The molecule has 0 aromatic rings. The molecule has 34 heavy (non-hydrogen) atoms. The second kappa shape index (κ2) is 22.9. The zero-order chi connectivity index (χ0) is 24.6. The summed E-state index contributed by atoms with van der Waals surface area (Å²) in [5, 5.41) is 0. The van der Waals surface area contributed by atoms with Gasteiger partial charge in [0.05, 0.1) is 0 Å². The molecule has 1 rings (SSSR count). The number of carbonyl (C=O) groups excluding carboxylic acids is 1. The van der Waals surface area contributed by atoms with Crippen molar-refractivity contribution >= 4 is 5.97 Å². The highest BCUT2D eigenvalue weighted by atomic mass is 16.6. The Kier molecular flexibility index (Phi) is 21.2. The molecule has 0 amide bonds. The Bertz CT molecular complexity index is 446. The maximum atomic E-state index is 12.2. The van der Waals surface area contributed by atoms with Crippen LogP contribution in [0.15, 0.2) is 0 Å². The molecule has 0 N–H and O–H groups in total. The van der Waals surface area contributed by atoms with Gasteiger partial charge in [-0.25, -0.2) is 0 Å². The van der Waals surface area contributed by atoms with Gasteiger partial charge < -0.3 is 4.74 Å². The van der Waals surface area contributed by atoms with Crippen molar-refractivity contribution in [3.63, 3.8) is 0 Å². The summed E-state index contributed by atoms with van der Waals surface area (Å²) in [7, 11) is 0. The monoisotopic (exact) mass is 478 g/mol. The van der Waals surface area contributed by atoms with Gasteiger partial charge in [0.15, 0.2) is 0 Å². The van der Waals surface area contributed by atoms with Gasteiger partial charge in [-0.3, -0.25) is 4.79 Å². The third-order valence-corrected chi connectivity index (χ3v) is 8.18. The maximum Gasteiger partial charge on any atom is 0.315 e. The molecule has 0 aliphatic carbocycles. The summed E-state index contributed by atoms with van der Waals surface area (Å²) in [5.74, 6) is 0.106. The fraction of sp³-hybridized carbons (Fsp3) is 0.969. The Hall–Kier alpha value is -0.530. The first kappa shape index (κ1) is 31.5. The van der Waals surface area contributed by atoms with E-state index in [1.165, 1.54) is 161 Å². The molecular formula is C32H62O2. The van der Waals surface area contributed by atoms with E-state index in [0.717, 1.165) is 12.8 Å². The number of rotatable bonds is 27. The van der Waals surface area contributed by atoms with Crippen molar-refractivity contribution < 1.29 is 9.53 Å². The van der Waals surface area contributed by atoms with Crippen LogP contribution in [0, 0.1) is 5.41 Å². The van der Waals surface area contributed by atoms with E-state index in [9.17, 15) is 4.79 Å². The molecule has 1 heterocycles. The molecule has 1 saturated heterocycles. The Morgan fingerprint density at radius 3 is 0.941 bits per heavy atom. The standard InChI is InChI=1S/C32H62O2/c1-3-5-7-9-11-13-15-17-19-21-23-25-27-29-32(30-34-31(32)33)28-26-24-22-20-18-16-14-12-10-8-6-4-2/h3-30H2,1-2H3. The van der Waals surface area contributed by atoms with Crippen molar-refractivity contribution in [3.05, 3.63) is 0 Å². The summed E-state index contributed by atoms with van der Waals surface area (Å²) < 4.78 is 5.23. The van der Waals surface area contributed by atoms with Crippen molar-refractivity contribution in [1.29, 1.82) is 0 Å². The number of ether oxygens (including phenoxy) is 1. The lowest BCUT2D eigenvalue weighted by atomic mass is 9.75. The van der Waals surface area contributed by atoms with E-state index >= 15 is 0 Å². The van der Waals surface area contributed by atoms with Gasteiger partial charge in [-0.05, 0) is 12.8 Å². The van der Waals surface area contributed by atoms with Crippen LogP contribution in [0.3, 0.4) is 0 Å². The Balaban J connectivity index is 1.91. The fourth-order valence-electron chi connectivity index (χ4n) is 5.59. The molecular weight excluding hydrogens is 416 g/mol. The van der Waals surface area contributed by atoms with E-state index in [1.54, 1.807) is 0 Å². The van der Waals surface area contributed by atoms with Crippen LogP contribution in [-0.4, -0.2) is 12.6 Å². The average Bonchev–Trinajstić information content (AvgIpc) is 2.85. The largest absolute Gasteiger partial charge is 0.464 e. The highest BCUT2D eigenvalue weighted by Crippen LogP contribution is 2.40. The summed E-state index contributed by atoms with van der Waals surface area (Å²) in [6.07, 6.45) is 36.7. The van der Waals surface area contributed by atoms with Crippen LogP contribution in [-0.2, 0) is 9.53 Å². The van der Waals surface area contributed by atoms with Gasteiger partial charge in [0.2, 0.25) is 0 Å². The summed E-state index contributed by atoms with van der Waals surface area (Å²) in [5.41, 5.74) is -0.101. The van der Waals surface area contributed by atoms with Crippen molar-refractivity contribution in [2.75, 3.05) is 6.61 Å². The molecule has 1 unspecified atom stereocenters. The lowest BCUT2D eigenvalue weighted by Gasteiger charge is -2.39. The van der Waals surface area contributed by atoms with Gasteiger partial charge >= 0.3 is 5.97 Å². The fourth-order valence-corrected chi connectivity index (χ4v) is 5.59. The van der Waals surface area contributed by atoms with E-state index in [-0.39, 0.29) is 11.4 Å². The van der Waals surface area contributed by atoms with Crippen LogP contribution in [0.2, 0.25) is 0 Å². The molecule has 0 aromatic carbocycles. The number of cyclic esters (lactones) is 1. The SMILES string of the molecule is CCCCCCCCCCCCCCCC1(CCCCCCCCCCCCCC)COC1=O. The van der Waals surface area contributed by atoms with E-state index in [0.29, 0.717) is 6.61 Å². The van der Waals surface area contributed by atoms with Gasteiger partial charge in [-0.15, -0.1) is 0 Å². The van der Waals surface area contributed by atoms with Gasteiger partial charge in [0, 0.05) is 0 Å². The normalized spacial score (nSPS) is 17.6. The van der Waals surface area contributed by atoms with E-state index in [2.05, 4.69) is 13.8 Å². The third kappa shape index (κ3) is 16.2. The molecule has 2 nitrogen and oxygen atoms in total. The van der Waals surface area contributed by atoms with Crippen LogP contribution >= 0.6 is 0 Å². The molecule has 1 aliphatic heterocycles. The first-order valence-corrected chi connectivity index (χ1v) is 15.9. The van der Waals surface area contributed by atoms with Crippen LogP contribution in [0.1, 0.15) is 187 Å². The predicted octanol–water partition coefficient (Wildman–Crippen LogP) is 11.1. The van der Waals surface area contributed by atoms with Crippen LogP contribution in [0.4, 0.5) is 0 Å². The Labute approximate surface area is 214 Å². The smallest absolute Gasteiger partial charge is 0.315 e. The molecule has 0 bridgehead atoms. The second-order valence-corrected chi connectivity index (χ2v) is 11.5. The number of esters is 1. The molecule has 0 aromatic heterocycles. The highest BCUT2D eigenvalue weighted by molar-refractivity contribution is 5.81. The second-order valence-electron chi connectivity index (χ2n) is 11.5. The lowest BCUT2D eigenvalue weighted by Crippen LogP contribution is -2.48. The third-order valence-electron chi connectivity index (χ3n) is 8.18. The summed E-state index contributed by atoms with van der Waals surface area (Å²) in [6, 6.07) is 0. The van der Waals surface area contributed by atoms with Crippen molar-refractivity contribution in [2.24, 2.45) is 5.41 Å². The predicted molar refractivity (Wildman–Crippen MR) is 149 cm³/mol. The maximum absolute atomic E-state index is 12.2.